The van der Waals surface area contributed by atoms with Gasteiger partial charge in [-0.3, -0.25) is 0 Å². The Labute approximate surface area is 104 Å². The molecule has 0 aliphatic rings. The average molecular weight is 293 g/mol. The van der Waals surface area contributed by atoms with Crippen LogP contribution in [0.4, 0.5) is 0 Å². The molecule has 2 nitrogen and oxygen atoms in total. The van der Waals surface area contributed by atoms with Gasteiger partial charge in [0.15, 0.2) is 0 Å². The number of hydrogen-bond donors (Lipinski definition) is 0. The monoisotopic (exact) mass is 291 g/mol. The summed E-state index contributed by atoms with van der Waals surface area (Å²) in [5.41, 5.74) is 1.04. The van der Waals surface area contributed by atoms with Crippen molar-refractivity contribution in [1.29, 1.82) is 0 Å². The molecule has 0 amide bonds. The highest BCUT2D eigenvalue weighted by Gasteiger charge is 2.02. The summed E-state index contributed by atoms with van der Waals surface area (Å²) in [7, 11) is 4.05. The van der Waals surface area contributed by atoms with Crippen molar-refractivity contribution in [2.45, 2.75) is 4.29 Å². The van der Waals surface area contributed by atoms with E-state index >= 15 is 0 Å². The highest BCUT2D eigenvalue weighted by atomic mass is 79.9. The van der Waals surface area contributed by atoms with Crippen LogP contribution in [-0.4, -0.2) is 32.1 Å². The van der Waals surface area contributed by atoms with E-state index in [9.17, 15) is 0 Å². The Bertz CT molecular complexity index is 287. The fraction of sp³-hybridized carbons (Fsp3) is 0.455. The molecule has 0 fully saturated rings. The fourth-order valence-electron chi connectivity index (χ4n) is 1.06. The van der Waals surface area contributed by atoms with Crippen LogP contribution in [-0.2, 0) is 0 Å². The first-order chi connectivity index (χ1) is 7.09. The normalized spacial score (nSPS) is 12.9. The Hall–Kier alpha value is -0.250. The Morgan fingerprint density at radius 1 is 1.33 bits per heavy atom. The molecule has 1 atom stereocenters. The molecule has 0 radical (unpaired) electrons. The summed E-state index contributed by atoms with van der Waals surface area (Å²) in [6.07, 6.45) is 0. The van der Waals surface area contributed by atoms with E-state index in [-0.39, 0.29) is 4.29 Å². The van der Waals surface area contributed by atoms with Crippen LogP contribution >= 0.6 is 27.5 Å². The van der Waals surface area contributed by atoms with Gasteiger partial charge in [0, 0.05) is 6.54 Å². The van der Waals surface area contributed by atoms with Crippen molar-refractivity contribution in [3.05, 3.63) is 29.8 Å². The molecule has 0 saturated heterocycles. The van der Waals surface area contributed by atoms with Crippen LogP contribution in [0, 0.1) is 0 Å². The zero-order valence-electron chi connectivity index (χ0n) is 8.91. The second kappa shape index (κ2) is 6.36. The van der Waals surface area contributed by atoms with E-state index in [4.69, 9.17) is 16.3 Å². The quantitative estimate of drug-likeness (QED) is 0.772. The van der Waals surface area contributed by atoms with Crippen LogP contribution in [0.1, 0.15) is 9.85 Å². The standard InChI is InChI=1S/C11H15BrClNO/c1-14(2)7-8-15-10-5-3-9(4-6-10)11(12)13/h3-6,11H,7-8H2,1-2H3. The third-order valence-electron chi connectivity index (χ3n) is 1.94. The molecule has 0 aliphatic carbocycles. The van der Waals surface area contributed by atoms with Gasteiger partial charge in [0.1, 0.15) is 16.6 Å². The van der Waals surface area contributed by atoms with Gasteiger partial charge in [0.25, 0.3) is 0 Å². The predicted molar refractivity (Wildman–Crippen MR) is 68.0 cm³/mol. The van der Waals surface area contributed by atoms with E-state index in [1.807, 2.05) is 38.4 Å². The Balaban J connectivity index is 2.43. The Morgan fingerprint density at radius 3 is 2.40 bits per heavy atom. The topological polar surface area (TPSA) is 12.5 Å². The maximum Gasteiger partial charge on any atom is 0.119 e. The van der Waals surface area contributed by atoms with E-state index in [1.165, 1.54) is 0 Å². The van der Waals surface area contributed by atoms with Crippen molar-refractivity contribution in [2.75, 3.05) is 27.2 Å². The van der Waals surface area contributed by atoms with E-state index in [2.05, 4.69) is 20.8 Å². The largest absolute Gasteiger partial charge is 0.492 e. The zero-order chi connectivity index (χ0) is 11.3. The lowest BCUT2D eigenvalue weighted by atomic mass is 10.2. The molecule has 1 unspecified atom stereocenters. The number of nitrogens with zero attached hydrogens (tertiary/aromatic N) is 1. The molecule has 0 saturated carbocycles. The average Bonchev–Trinajstić information content (AvgIpc) is 2.18. The van der Waals surface area contributed by atoms with Gasteiger partial charge in [0.2, 0.25) is 0 Å². The first kappa shape index (κ1) is 12.8. The molecule has 1 aromatic rings. The summed E-state index contributed by atoms with van der Waals surface area (Å²) >= 11 is 9.17. The molecule has 15 heavy (non-hydrogen) atoms. The van der Waals surface area contributed by atoms with Gasteiger partial charge in [-0.15, -0.1) is 11.6 Å². The first-order valence-electron chi connectivity index (χ1n) is 4.75. The van der Waals surface area contributed by atoms with Crippen molar-refractivity contribution in [3.8, 4) is 5.75 Å². The second-order valence-corrected chi connectivity index (χ2v) is 5.40. The maximum atomic E-state index is 5.87. The van der Waals surface area contributed by atoms with Crippen molar-refractivity contribution < 1.29 is 4.74 Å². The van der Waals surface area contributed by atoms with Crippen LogP contribution < -0.4 is 4.74 Å². The number of hydrogen-bond acceptors (Lipinski definition) is 2. The summed E-state index contributed by atoms with van der Waals surface area (Å²) in [6, 6.07) is 7.78. The lowest BCUT2D eigenvalue weighted by Crippen LogP contribution is -2.19. The number of rotatable bonds is 5. The SMILES string of the molecule is CN(C)CCOc1ccc(C(Cl)Br)cc1. The van der Waals surface area contributed by atoms with Crippen LogP contribution in [0.5, 0.6) is 5.75 Å². The molecule has 0 spiro atoms. The minimum atomic E-state index is -0.131. The van der Waals surface area contributed by atoms with E-state index in [0.717, 1.165) is 17.9 Å². The third kappa shape index (κ3) is 4.87. The van der Waals surface area contributed by atoms with Crippen molar-refractivity contribution in [2.24, 2.45) is 0 Å². The van der Waals surface area contributed by atoms with E-state index < -0.39 is 0 Å². The van der Waals surface area contributed by atoms with Crippen molar-refractivity contribution >= 4 is 27.5 Å². The second-order valence-electron chi connectivity index (χ2n) is 3.52. The molecule has 0 heterocycles. The molecular formula is C11H15BrClNO. The number of halogens is 2. The molecule has 0 aliphatic heterocycles. The first-order valence-corrected chi connectivity index (χ1v) is 6.10. The number of likely N-dealkylation sites (N-methyl/N-ethyl adjacent to an activating group) is 1. The van der Waals surface area contributed by atoms with Crippen LogP contribution in [0.15, 0.2) is 24.3 Å². The summed E-state index contributed by atoms with van der Waals surface area (Å²) in [5, 5.41) is 0. The van der Waals surface area contributed by atoms with E-state index in [1.54, 1.807) is 0 Å². The molecule has 0 N–H and O–H groups in total. The van der Waals surface area contributed by atoms with Crippen molar-refractivity contribution in [3.63, 3.8) is 0 Å². The molecule has 1 aromatic carbocycles. The van der Waals surface area contributed by atoms with Gasteiger partial charge in [0.05, 0.1) is 0 Å². The van der Waals surface area contributed by atoms with Gasteiger partial charge in [-0.2, -0.15) is 0 Å². The Kier molecular flexibility index (Phi) is 5.43. The predicted octanol–water partition coefficient (Wildman–Crippen LogP) is 3.26. The minimum absolute atomic E-state index is 0.131. The number of alkyl halides is 2. The van der Waals surface area contributed by atoms with Crippen LogP contribution in [0.3, 0.4) is 0 Å². The van der Waals surface area contributed by atoms with Crippen LogP contribution in [0.2, 0.25) is 0 Å². The molecule has 84 valence electrons. The molecular weight excluding hydrogens is 277 g/mol. The smallest absolute Gasteiger partial charge is 0.119 e. The Morgan fingerprint density at radius 2 is 1.93 bits per heavy atom. The molecule has 1 rings (SSSR count). The maximum absolute atomic E-state index is 5.87. The van der Waals surface area contributed by atoms with Gasteiger partial charge in [-0.25, -0.2) is 0 Å². The number of benzene rings is 1. The van der Waals surface area contributed by atoms with Gasteiger partial charge in [-0.1, -0.05) is 28.1 Å². The number of ether oxygens (including phenoxy) is 1. The van der Waals surface area contributed by atoms with E-state index in [0.29, 0.717) is 6.61 Å². The molecule has 0 bridgehead atoms. The third-order valence-corrected chi connectivity index (χ3v) is 2.72. The highest BCUT2D eigenvalue weighted by Crippen LogP contribution is 2.27. The highest BCUT2D eigenvalue weighted by molar-refractivity contribution is 9.09. The molecule has 0 aromatic heterocycles. The minimum Gasteiger partial charge on any atom is -0.492 e. The van der Waals surface area contributed by atoms with Crippen LogP contribution in [0.25, 0.3) is 0 Å². The molecule has 4 heteroatoms. The zero-order valence-corrected chi connectivity index (χ0v) is 11.3. The summed E-state index contributed by atoms with van der Waals surface area (Å²) in [5.74, 6) is 0.880. The summed E-state index contributed by atoms with van der Waals surface area (Å²) < 4.78 is 5.42. The van der Waals surface area contributed by atoms with Gasteiger partial charge in [-0.05, 0) is 31.8 Å². The lowest BCUT2D eigenvalue weighted by Gasteiger charge is -2.11. The summed E-state index contributed by atoms with van der Waals surface area (Å²) in [6.45, 7) is 1.61. The van der Waals surface area contributed by atoms with Gasteiger partial charge < -0.3 is 9.64 Å². The van der Waals surface area contributed by atoms with Gasteiger partial charge >= 0.3 is 0 Å². The van der Waals surface area contributed by atoms with Crippen molar-refractivity contribution in [1.82, 2.24) is 4.90 Å². The lowest BCUT2D eigenvalue weighted by molar-refractivity contribution is 0.261. The fourth-order valence-corrected chi connectivity index (χ4v) is 1.51. The summed E-state index contributed by atoms with van der Waals surface area (Å²) in [4.78, 5) is 2.08.